The molecule has 1 amide bonds. The number of halogens is 3. The molecular weight excluding hydrogens is 295 g/mol. The minimum absolute atomic E-state index is 0.0298. The van der Waals surface area contributed by atoms with Crippen molar-refractivity contribution >= 4 is 23.2 Å². The van der Waals surface area contributed by atoms with E-state index in [0.717, 1.165) is 0 Å². The molecule has 1 N–H and O–H groups in total. The summed E-state index contributed by atoms with van der Waals surface area (Å²) in [6.07, 6.45) is -4.87. The molecule has 1 fully saturated rings. The molecule has 1 aliphatic heterocycles. The number of carboxylic acid groups (broad SMARTS) is 1. The lowest BCUT2D eigenvalue weighted by Crippen LogP contribution is -2.57. The minimum atomic E-state index is -5.06. The fourth-order valence-electron chi connectivity index (χ4n) is 2.51. The van der Waals surface area contributed by atoms with Crippen LogP contribution in [0.4, 0.5) is 13.2 Å². The minimum Gasteiger partial charge on any atom is -0.479 e. The van der Waals surface area contributed by atoms with Crippen LogP contribution in [0.15, 0.2) is 17.5 Å². The third kappa shape index (κ3) is 2.52. The summed E-state index contributed by atoms with van der Waals surface area (Å²) in [5.41, 5.74) is -1.79. The van der Waals surface area contributed by atoms with Gasteiger partial charge in [0.05, 0.1) is 0 Å². The number of aliphatic carboxylic acids is 1. The molecule has 2 rings (SSSR count). The molecule has 0 aliphatic carbocycles. The van der Waals surface area contributed by atoms with E-state index in [-0.39, 0.29) is 25.8 Å². The monoisotopic (exact) mass is 307 g/mol. The zero-order chi connectivity index (χ0) is 15.0. The molecule has 20 heavy (non-hydrogen) atoms. The van der Waals surface area contributed by atoms with Gasteiger partial charge in [-0.1, -0.05) is 6.07 Å². The van der Waals surface area contributed by atoms with Gasteiger partial charge in [0.1, 0.15) is 5.54 Å². The predicted molar refractivity (Wildman–Crippen MR) is 65.4 cm³/mol. The lowest BCUT2D eigenvalue weighted by atomic mass is 9.91. The predicted octanol–water partition coefficient (Wildman–Crippen LogP) is 2.30. The van der Waals surface area contributed by atoms with Gasteiger partial charge >= 0.3 is 18.1 Å². The van der Waals surface area contributed by atoms with E-state index in [1.807, 2.05) is 0 Å². The number of likely N-dealkylation sites (tertiary alicyclic amines) is 1. The first kappa shape index (κ1) is 14.8. The van der Waals surface area contributed by atoms with Crippen molar-refractivity contribution in [3.63, 3.8) is 0 Å². The molecule has 1 atom stereocenters. The molecular formula is C12H12F3NO3S. The highest BCUT2D eigenvalue weighted by atomic mass is 32.1. The fourth-order valence-corrected chi connectivity index (χ4v) is 3.32. The summed E-state index contributed by atoms with van der Waals surface area (Å²) in [6, 6.07) is 3.35. The molecule has 1 aliphatic rings. The molecule has 2 heterocycles. The summed E-state index contributed by atoms with van der Waals surface area (Å²) in [6.45, 7) is -0.185. The Bertz CT molecular complexity index is 515. The maximum absolute atomic E-state index is 12.6. The van der Waals surface area contributed by atoms with Gasteiger partial charge in [-0.05, 0) is 24.3 Å². The van der Waals surface area contributed by atoms with Gasteiger partial charge < -0.3 is 10.0 Å². The highest BCUT2D eigenvalue weighted by molar-refractivity contribution is 7.09. The summed E-state index contributed by atoms with van der Waals surface area (Å²) in [7, 11) is 0. The standard InChI is InChI=1S/C12H12F3NO3S/c13-12(14,15)9(17)16-5-2-4-11(16,10(18)19)7-8-3-1-6-20-8/h1,3,6H,2,4-5,7H2,(H,18,19). The molecule has 8 heteroatoms. The van der Waals surface area contributed by atoms with Gasteiger partial charge in [0.25, 0.3) is 0 Å². The van der Waals surface area contributed by atoms with E-state index in [2.05, 4.69) is 0 Å². The van der Waals surface area contributed by atoms with Crippen molar-refractivity contribution in [3.8, 4) is 0 Å². The molecule has 1 aromatic rings. The van der Waals surface area contributed by atoms with Crippen molar-refractivity contribution < 1.29 is 27.9 Å². The first-order chi connectivity index (χ1) is 9.27. The zero-order valence-electron chi connectivity index (χ0n) is 10.3. The zero-order valence-corrected chi connectivity index (χ0v) is 11.1. The number of hydrogen-bond acceptors (Lipinski definition) is 3. The SMILES string of the molecule is O=C(N1CCCC1(Cc1cccs1)C(=O)O)C(F)(F)F. The molecule has 1 saturated heterocycles. The Kier molecular flexibility index (Phi) is 3.77. The molecule has 110 valence electrons. The number of alkyl halides is 3. The second kappa shape index (κ2) is 5.08. The molecule has 4 nitrogen and oxygen atoms in total. The van der Waals surface area contributed by atoms with E-state index < -0.39 is 23.6 Å². The summed E-state index contributed by atoms with van der Waals surface area (Å²) < 4.78 is 37.8. The van der Waals surface area contributed by atoms with Gasteiger partial charge in [-0.15, -0.1) is 11.3 Å². The quantitative estimate of drug-likeness (QED) is 0.932. The van der Waals surface area contributed by atoms with Crippen molar-refractivity contribution in [1.29, 1.82) is 0 Å². The number of carbonyl (C=O) groups excluding carboxylic acids is 1. The largest absolute Gasteiger partial charge is 0.479 e. The van der Waals surface area contributed by atoms with E-state index in [1.165, 1.54) is 11.3 Å². The maximum Gasteiger partial charge on any atom is 0.471 e. The first-order valence-electron chi connectivity index (χ1n) is 5.92. The summed E-state index contributed by atoms with van der Waals surface area (Å²) in [4.78, 5) is 24.1. The van der Waals surface area contributed by atoms with Gasteiger partial charge in [-0.25, -0.2) is 4.79 Å². The van der Waals surface area contributed by atoms with Crippen molar-refractivity contribution in [2.45, 2.75) is 31.0 Å². The number of hydrogen-bond donors (Lipinski definition) is 1. The highest BCUT2D eigenvalue weighted by Crippen LogP contribution is 2.37. The topological polar surface area (TPSA) is 57.6 Å². The van der Waals surface area contributed by atoms with Crippen LogP contribution in [0.1, 0.15) is 17.7 Å². The molecule has 1 unspecified atom stereocenters. The van der Waals surface area contributed by atoms with Gasteiger partial charge in [0.15, 0.2) is 0 Å². The molecule has 0 spiro atoms. The Labute approximate surface area is 116 Å². The average Bonchev–Trinajstić information content (AvgIpc) is 2.97. The average molecular weight is 307 g/mol. The number of carbonyl (C=O) groups is 2. The van der Waals surface area contributed by atoms with Crippen LogP contribution < -0.4 is 0 Å². The highest BCUT2D eigenvalue weighted by Gasteiger charge is 2.56. The van der Waals surface area contributed by atoms with Crippen molar-refractivity contribution in [3.05, 3.63) is 22.4 Å². The maximum atomic E-state index is 12.6. The molecule has 0 radical (unpaired) electrons. The van der Waals surface area contributed by atoms with E-state index in [0.29, 0.717) is 9.78 Å². The van der Waals surface area contributed by atoms with Gasteiger partial charge in [0, 0.05) is 17.8 Å². The van der Waals surface area contributed by atoms with Crippen molar-refractivity contribution in [2.75, 3.05) is 6.54 Å². The number of nitrogens with zero attached hydrogens (tertiary/aromatic N) is 1. The van der Waals surface area contributed by atoms with E-state index >= 15 is 0 Å². The fraction of sp³-hybridized carbons (Fsp3) is 0.500. The summed E-state index contributed by atoms with van der Waals surface area (Å²) in [5, 5.41) is 11.1. The van der Waals surface area contributed by atoms with Gasteiger partial charge in [-0.2, -0.15) is 13.2 Å². The Morgan fingerprint density at radius 3 is 2.65 bits per heavy atom. The van der Waals surface area contributed by atoms with Crippen LogP contribution in [0.2, 0.25) is 0 Å². The van der Waals surface area contributed by atoms with Crippen molar-refractivity contribution in [1.82, 2.24) is 4.90 Å². The van der Waals surface area contributed by atoms with Crippen molar-refractivity contribution in [2.24, 2.45) is 0 Å². The third-order valence-electron chi connectivity index (χ3n) is 3.42. The Morgan fingerprint density at radius 1 is 1.45 bits per heavy atom. The number of amides is 1. The second-order valence-corrected chi connectivity index (χ2v) is 5.68. The molecule has 0 saturated carbocycles. The van der Waals surface area contributed by atoms with Crippen LogP contribution in [-0.2, 0) is 16.0 Å². The molecule has 0 aromatic carbocycles. The van der Waals surface area contributed by atoms with Crippen LogP contribution in [-0.4, -0.2) is 40.1 Å². The molecule has 0 bridgehead atoms. The van der Waals surface area contributed by atoms with Crippen LogP contribution in [0.3, 0.4) is 0 Å². The number of rotatable bonds is 3. The lowest BCUT2D eigenvalue weighted by Gasteiger charge is -2.34. The first-order valence-corrected chi connectivity index (χ1v) is 6.80. The van der Waals surface area contributed by atoms with Gasteiger partial charge in [-0.3, -0.25) is 4.79 Å². The van der Waals surface area contributed by atoms with E-state index in [4.69, 9.17) is 0 Å². The smallest absolute Gasteiger partial charge is 0.471 e. The molecule has 1 aromatic heterocycles. The Balaban J connectivity index is 2.35. The van der Waals surface area contributed by atoms with Crippen LogP contribution in [0.5, 0.6) is 0 Å². The van der Waals surface area contributed by atoms with E-state index in [1.54, 1.807) is 17.5 Å². The third-order valence-corrected chi connectivity index (χ3v) is 4.30. The lowest BCUT2D eigenvalue weighted by molar-refractivity contribution is -0.192. The normalized spacial score (nSPS) is 23.1. The summed E-state index contributed by atoms with van der Waals surface area (Å²) in [5.74, 6) is -3.46. The van der Waals surface area contributed by atoms with Crippen LogP contribution >= 0.6 is 11.3 Å². The van der Waals surface area contributed by atoms with Crippen LogP contribution in [0, 0.1) is 0 Å². The van der Waals surface area contributed by atoms with Gasteiger partial charge in [0.2, 0.25) is 0 Å². The Hall–Kier alpha value is -1.57. The van der Waals surface area contributed by atoms with Crippen LogP contribution in [0.25, 0.3) is 0 Å². The second-order valence-electron chi connectivity index (χ2n) is 4.65. The Morgan fingerprint density at radius 2 is 2.15 bits per heavy atom. The summed E-state index contributed by atoms with van der Waals surface area (Å²) >= 11 is 1.26. The number of carboxylic acids is 1. The van der Waals surface area contributed by atoms with E-state index in [9.17, 15) is 27.9 Å². The number of thiophene rings is 1.